The third kappa shape index (κ3) is 3.92. The number of hydrogen-bond donors (Lipinski definition) is 1. The summed E-state index contributed by atoms with van der Waals surface area (Å²) in [7, 11) is 0. The topological polar surface area (TPSA) is 60.3 Å². The molecule has 5 nitrogen and oxygen atoms in total. The fourth-order valence-electron chi connectivity index (χ4n) is 3.36. The first-order valence-electron chi connectivity index (χ1n) is 9.01. The van der Waals surface area contributed by atoms with Crippen LogP contribution in [0.1, 0.15) is 27.9 Å². The Hall–Kier alpha value is -3.34. The van der Waals surface area contributed by atoms with Crippen molar-refractivity contribution in [3.05, 3.63) is 83.7 Å². The zero-order chi connectivity index (χ0) is 18.6. The van der Waals surface area contributed by atoms with Crippen molar-refractivity contribution in [2.45, 2.75) is 19.3 Å². The zero-order valence-corrected chi connectivity index (χ0v) is 14.9. The molecule has 2 aromatic carbocycles. The van der Waals surface area contributed by atoms with Crippen molar-refractivity contribution in [3.63, 3.8) is 0 Å². The van der Waals surface area contributed by atoms with E-state index in [0.29, 0.717) is 5.56 Å². The lowest BCUT2D eigenvalue weighted by atomic mass is 10.1. The van der Waals surface area contributed by atoms with Gasteiger partial charge in [-0.1, -0.05) is 12.1 Å². The van der Waals surface area contributed by atoms with E-state index in [4.69, 9.17) is 4.74 Å². The summed E-state index contributed by atoms with van der Waals surface area (Å²) in [5, 5.41) is 2.79. The number of nitrogens with one attached hydrogen (secondary N) is 1. The number of benzene rings is 2. The van der Waals surface area contributed by atoms with Gasteiger partial charge in [0, 0.05) is 23.8 Å². The minimum atomic E-state index is -0.520. The number of carbonyl (C=O) groups is 2. The summed E-state index contributed by atoms with van der Waals surface area (Å²) in [6.45, 7) is -0.316. The number of aryl methyl sites for hydroxylation is 2. The summed E-state index contributed by atoms with van der Waals surface area (Å²) in [5.74, 6) is -0.865. The molecular formula is C22H20N2O3. The zero-order valence-electron chi connectivity index (χ0n) is 14.9. The van der Waals surface area contributed by atoms with E-state index < -0.39 is 5.97 Å². The molecule has 0 aliphatic heterocycles. The number of hydrogen-bond acceptors (Lipinski definition) is 3. The van der Waals surface area contributed by atoms with Gasteiger partial charge in [-0.3, -0.25) is 4.79 Å². The lowest BCUT2D eigenvalue weighted by Crippen LogP contribution is -2.21. The van der Waals surface area contributed by atoms with E-state index in [1.807, 2.05) is 47.3 Å². The number of nitrogens with zero attached hydrogens (tertiary/aromatic N) is 1. The third-order valence-corrected chi connectivity index (χ3v) is 4.70. The van der Waals surface area contributed by atoms with Crippen LogP contribution in [0.4, 0.5) is 5.69 Å². The van der Waals surface area contributed by atoms with Gasteiger partial charge in [0.1, 0.15) is 0 Å². The van der Waals surface area contributed by atoms with Gasteiger partial charge in [-0.2, -0.15) is 0 Å². The van der Waals surface area contributed by atoms with Crippen LogP contribution < -0.4 is 5.32 Å². The highest BCUT2D eigenvalue weighted by Crippen LogP contribution is 2.24. The molecule has 1 heterocycles. The average molecular weight is 360 g/mol. The Morgan fingerprint density at radius 2 is 1.78 bits per heavy atom. The van der Waals surface area contributed by atoms with Crippen LogP contribution in [0.15, 0.2) is 67.0 Å². The summed E-state index contributed by atoms with van der Waals surface area (Å²) in [5.41, 5.74) is 4.64. The molecule has 27 heavy (non-hydrogen) atoms. The number of anilines is 1. The van der Waals surface area contributed by atoms with E-state index in [1.165, 1.54) is 11.1 Å². The number of fused-ring (bicyclic) bond motifs is 1. The Labute approximate surface area is 157 Å². The normalized spacial score (nSPS) is 12.4. The summed E-state index contributed by atoms with van der Waals surface area (Å²) in [6, 6.07) is 16.9. The summed E-state index contributed by atoms with van der Waals surface area (Å²) < 4.78 is 7.07. The molecule has 0 unspecified atom stereocenters. The number of carbonyl (C=O) groups excluding carboxylic acids is 2. The monoisotopic (exact) mass is 360 g/mol. The SMILES string of the molecule is O=C(COC(=O)c1cccc(-n2cccc2)c1)Nc1ccc2c(c1)CCC2. The van der Waals surface area contributed by atoms with Crippen molar-refractivity contribution < 1.29 is 14.3 Å². The summed E-state index contributed by atoms with van der Waals surface area (Å²) in [4.78, 5) is 24.4. The standard InChI is InChI=1S/C22H20N2O3/c25-21(23-19-10-9-16-5-3-6-17(16)13-19)15-27-22(26)18-7-4-8-20(14-18)24-11-1-2-12-24/h1-2,4,7-14H,3,5-6,15H2,(H,23,25). The highest BCUT2D eigenvalue weighted by Gasteiger charge is 2.14. The maximum atomic E-state index is 12.3. The summed E-state index contributed by atoms with van der Waals surface area (Å²) >= 11 is 0. The lowest BCUT2D eigenvalue weighted by molar-refractivity contribution is -0.119. The van der Waals surface area contributed by atoms with Gasteiger partial charge < -0.3 is 14.6 Å². The molecule has 0 bridgehead atoms. The molecule has 1 amide bonds. The molecule has 0 atom stereocenters. The lowest BCUT2D eigenvalue weighted by Gasteiger charge is -2.09. The number of esters is 1. The van der Waals surface area contributed by atoms with Gasteiger partial charge in [0.25, 0.3) is 5.91 Å². The second-order valence-electron chi connectivity index (χ2n) is 6.60. The van der Waals surface area contributed by atoms with Crippen LogP contribution in [0.3, 0.4) is 0 Å². The molecular weight excluding hydrogens is 340 g/mol. The van der Waals surface area contributed by atoms with Gasteiger partial charge >= 0.3 is 5.97 Å². The Bertz CT molecular complexity index is 977. The van der Waals surface area contributed by atoms with E-state index in [-0.39, 0.29) is 12.5 Å². The number of ether oxygens (including phenoxy) is 1. The predicted molar refractivity (Wildman–Crippen MR) is 103 cm³/mol. The minimum absolute atomic E-state index is 0.316. The molecule has 136 valence electrons. The van der Waals surface area contributed by atoms with Crippen LogP contribution in [0, 0.1) is 0 Å². The first-order chi connectivity index (χ1) is 13.2. The molecule has 0 saturated carbocycles. The third-order valence-electron chi connectivity index (χ3n) is 4.70. The van der Waals surface area contributed by atoms with Crippen molar-refractivity contribution in [2.75, 3.05) is 11.9 Å². The smallest absolute Gasteiger partial charge is 0.338 e. The van der Waals surface area contributed by atoms with Gasteiger partial charge in [-0.05, 0) is 72.9 Å². The second kappa shape index (κ2) is 7.50. The highest BCUT2D eigenvalue weighted by atomic mass is 16.5. The fourth-order valence-corrected chi connectivity index (χ4v) is 3.36. The second-order valence-corrected chi connectivity index (χ2v) is 6.60. The first-order valence-corrected chi connectivity index (χ1v) is 9.01. The van der Waals surface area contributed by atoms with Crippen LogP contribution in [0.25, 0.3) is 5.69 Å². The largest absolute Gasteiger partial charge is 0.452 e. The van der Waals surface area contributed by atoms with E-state index >= 15 is 0 Å². The Morgan fingerprint density at radius 1 is 0.963 bits per heavy atom. The van der Waals surface area contributed by atoms with Gasteiger partial charge in [0.15, 0.2) is 6.61 Å². The molecule has 1 N–H and O–H groups in total. The molecule has 0 saturated heterocycles. The van der Waals surface area contributed by atoms with Crippen molar-refractivity contribution in [1.82, 2.24) is 4.57 Å². The quantitative estimate of drug-likeness (QED) is 0.705. The van der Waals surface area contributed by atoms with Crippen molar-refractivity contribution in [3.8, 4) is 5.69 Å². The Kier molecular flexibility index (Phi) is 4.75. The molecule has 1 aromatic heterocycles. The van der Waals surface area contributed by atoms with Crippen LogP contribution in [-0.2, 0) is 22.4 Å². The maximum Gasteiger partial charge on any atom is 0.338 e. The van der Waals surface area contributed by atoms with E-state index in [2.05, 4.69) is 11.4 Å². The van der Waals surface area contributed by atoms with Gasteiger partial charge in [0.05, 0.1) is 5.56 Å². The minimum Gasteiger partial charge on any atom is -0.452 e. The Balaban J connectivity index is 1.35. The van der Waals surface area contributed by atoms with Crippen LogP contribution in [0.5, 0.6) is 0 Å². The van der Waals surface area contributed by atoms with Gasteiger partial charge in [-0.25, -0.2) is 4.79 Å². The fraction of sp³-hybridized carbons (Fsp3) is 0.182. The molecule has 0 spiro atoms. The molecule has 4 rings (SSSR count). The van der Waals surface area contributed by atoms with E-state index in [1.54, 1.807) is 18.2 Å². The maximum absolute atomic E-state index is 12.3. The van der Waals surface area contributed by atoms with Crippen LogP contribution >= 0.6 is 0 Å². The summed E-state index contributed by atoms with van der Waals surface area (Å²) in [6.07, 6.45) is 7.10. The number of rotatable bonds is 5. The molecule has 5 heteroatoms. The molecule has 0 radical (unpaired) electrons. The highest BCUT2D eigenvalue weighted by molar-refractivity contribution is 5.95. The van der Waals surface area contributed by atoms with Gasteiger partial charge in [0.2, 0.25) is 0 Å². The van der Waals surface area contributed by atoms with E-state index in [0.717, 1.165) is 30.6 Å². The van der Waals surface area contributed by atoms with Gasteiger partial charge in [-0.15, -0.1) is 0 Å². The van der Waals surface area contributed by atoms with Crippen LogP contribution in [-0.4, -0.2) is 23.1 Å². The van der Waals surface area contributed by atoms with Crippen molar-refractivity contribution >= 4 is 17.6 Å². The first kappa shape index (κ1) is 17.1. The molecule has 1 aliphatic carbocycles. The van der Waals surface area contributed by atoms with E-state index in [9.17, 15) is 9.59 Å². The predicted octanol–water partition coefficient (Wildman–Crippen LogP) is 3.76. The Morgan fingerprint density at radius 3 is 2.63 bits per heavy atom. The molecule has 3 aromatic rings. The van der Waals surface area contributed by atoms with Crippen molar-refractivity contribution in [2.24, 2.45) is 0 Å². The molecule has 0 fully saturated rings. The molecule has 1 aliphatic rings. The number of amides is 1. The van der Waals surface area contributed by atoms with Crippen molar-refractivity contribution in [1.29, 1.82) is 0 Å². The number of aromatic nitrogens is 1. The van der Waals surface area contributed by atoms with Crippen LogP contribution in [0.2, 0.25) is 0 Å². The average Bonchev–Trinajstić information content (AvgIpc) is 3.37.